The number of carbonyl (C=O) groups excluding carboxylic acids is 1. The van der Waals surface area contributed by atoms with Crippen LogP contribution in [-0.4, -0.2) is 37.3 Å². The summed E-state index contributed by atoms with van der Waals surface area (Å²) in [6.45, 7) is 2.34. The first kappa shape index (κ1) is 13.3. The van der Waals surface area contributed by atoms with E-state index in [0.29, 0.717) is 35.9 Å². The molecule has 0 bridgehead atoms. The number of rotatable bonds is 4. The van der Waals surface area contributed by atoms with Crippen LogP contribution in [0.5, 0.6) is 0 Å². The molecule has 2 fully saturated rings. The van der Waals surface area contributed by atoms with E-state index < -0.39 is 0 Å². The smallest absolute Gasteiger partial charge is 0.273 e. The van der Waals surface area contributed by atoms with Gasteiger partial charge in [0.15, 0.2) is 11.5 Å². The lowest BCUT2D eigenvalue weighted by molar-refractivity contribution is 0.0936. The van der Waals surface area contributed by atoms with E-state index in [1.54, 1.807) is 13.2 Å². The average Bonchev–Trinajstić information content (AvgIpc) is 2.79. The molecule has 1 amide bonds. The largest absolute Gasteiger partial charge is 0.377 e. The van der Waals surface area contributed by atoms with Gasteiger partial charge in [-0.2, -0.15) is 0 Å². The van der Waals surface area contributed by atoms with Crippen molar-refractivity contribution in [3.05, 3.63) is 17.5 Å². The summed E-state index contributed by atoms with van der Waals surface area (Å²) in [5.74, 6) is 1.61. The van der Waals surface area contributed by atoms with Gasteiger partial charge in [-0.05, 0) is 11.8 Å². The molecule has 2 atom stereocenters. The van der Waals surface area contributed by atoms with Crippen molar-refractivity contribution in [1.29, 1.82) is 0 Å². The van der Waals surface area contributed by atoms with Crippen molar-refractivity contribution < 1.29 is 14.1 Å². The molecule has 1 aromatic rings. The van der Waals surface area contributed by atoms with Crippen LogP contribution in [0.4, 0.5) is 0 Å². The minimum Gasteiger partial charge on any atom is -0.377 e. The highest BCUT2D eigenvalue weighted by atomic mass is 35.5. The van der Waals surface area contributed by atoms with Gasteiger partial charge in [0.05, 0.1) is 0 Å². The molecule has 1 aliphatic carbocycles. The van der Waals surface area contributed by atoms with Crippen LogP contribution >= 0.6 is 12.4 Å². The fourth-order valence-electron chi connectivity index (χ4n) is 2.49. The number of fused-ring (bicyclic) bond motifs is 1. The van der Waals surface area contributed by atoms with Gasteiger partial charge in [0, 0.05) is 32.3 Å². The summed E-state index contributed by atoms with van der Waals surface area (Å²) in [5, 5.41) is 10.00. The Morgan fingerprint density at radius 3 is 3.00 bits per heavy atom. The molecular weight excluding hydrogens is 258 g/mol. The SMILES string of the molecule is COCc1cc(C(=O)NC2C3CNCC32)no1.Cl. The Balaban J connectivity index is 0.00000120. The predicted molar refractivity (Wildman–Crippen MR) is 65.6 cm³/mol. The summed E-state index contributed by atoms with van der Waals surface area (Å²) in [7, 11) is 1.57. The van der Waals surface area contributed by atoms with E-state index in [2.05, 4.69) is 15.8 Å². The molecule has 2 N–H and O–H groups in total. The van der Waals surface area contributed by atoms with Crippen molar-refractivity contribution in [2.45, 2.75) is 12.6 Å². The van der Waals surface area contributed by atoms with Crippen molar-refractivity contribution in [2.75, 3.05) is 20.2 Å². The zero-order valence-corrected chi connectivity index (χ0v) is 10.8. The topological polar surface area (TPSA) is 76.4 Å². The first-order valence-corrected chi connectivity index (χ1v) is 5.75. The Morgan fingerprint density at radius 2 is 2.33 bits per heavy atom. The van der Waals surface area contributed by atoms with Crippen molar-refractivity contribution in [2.24, 2.45) is 11.8 Å². The Bertz CT molecular complexity index is 427. The van der Waals surface area contributed by atoms with Crippen LogP contribution in [0.2, 0.25) is 0 Å². The number of piperidine rings is 1. The minimum atomic E-state index is -0.157. The van der Waals surface area contributed by atoms with Crippen LogP contribution < -0.4 is 10.6 Å². The van der Waals surface area contributed by atoms with Crippen LogP contribution in [0, 0.1) is 11.8 Å². The summed E-state index contributed by atoms with van der Waals surface area (Å²) in [4.78, 5) is 11.8. The maximum Gasteiger partial charge on any atom is 0.273 e. The number of aromatic nitrogens is 1. The fourth-order valence-corrected chi connectivity index (χ4v) is 2.49. The van der Waals surface area contributed by atoms with E-state index in [9.17, 15) is 4.79 Å². The number of methoxy groups -OCH3 is 1. The number of nitrogens with zero attached hydrogens (tertiary/aromatic N) is 1. The van der Waals surface area contributed by atoms with Gasteiger partial charge in [-0.3, -0.25) is 4.79 Å². The number of hydrogen-bond acceptors (Lipinski definition) is 5. The lowest BCUT2D eigenvalue weighted by atomic mass is 10.3. The van der Waals surface area contributed by atoms with Gasteiger partial charge in [-0.1, -0.05) is 5.16 Å². The van der Waals surface area contributed by atoms with Crippen LogP contribution in [0.3, 0.4) is 0 Å². The Hall–Kier alpha value is -1.11. The highest BCUT2D eigenvalue weighted by molar-refractivity contribution is 5.92. The Labute approximate surface area is 111 Å². The van der Waals surface area contributed by atoms with E-state index in [1.165, 1.54) is 0 Å². The van der Waals surface area contributed by atoms with Crippen molar-refractivity contribution in [1.82, 2.24) is 15.8 Å². The molecule has 1 saturated carbocycles. The van der Waals surface area contributed by atoms with E-state index in [4.69, 9.17) is 9.26 Å². The molecule has 2 unspecified atom stereocenters. The van der Waals surface area contributed by atoms with Crippen molar-refractivity contribution in [3.8, 4) is 0 Å². The number of hydrogen-bond donors (Lipinski definition) is 2. The lowest BCUT2D eigenvalue weighted by Gasteiger charge is -2.05. The number of carbonyl (C=O) groups is 1. The molecule has 0 radical (unpaired) electrons. The monoisotopic (exact) mass is 273 g/mol. The Morgan fingerprint density at radius 1 is 1.61 bits per heavy atom. The van der Waals surface area contributed by atoms with Gasteiger partial charge in [-0.25, -0.2) is 0 Å². The molecule has 18 heavy (non-hydrogen) atoms. The predicted octanol–water partition coefficient (Wildman–Crippen LogP) is 0.190. The quantitative estimate of drug-likeness (QED) is 0.819. The van der Waals surface area contributed by atoms with Gasteiger partial charge in [0.1, 0.15) is 6.61 Å². The number of ether oxygens (including phenoxy) is 1. The van der Waals surface area contributed by atoms with Gasteiger partial charge < -0.3 is 19.9 Å². The van der Waals surface area contributed by atoms with Crippen molar-refractivity contribution in [3.63, 3.8) is 0 Å². The van der Waals surface area contributed by atoms with Gasteiger partial charge >= 0.3 is 0 Å². The van der Waals surface area contributed by atoms with E-state index >= 15 is 0 Å². The molecule has 0 spiro atoms. The molecule has 1 aromatic heterocycles. The minimum absolute atomic E-state index is 0. The van der Waals surface area contributed by atoms with Gasteiger partial charge in [0.25, 0.3) is 5.91 Å². The standard InChI is InChI=1S/C11H15N3O3.ClH/c1-16-5-6-2-9(14-17-6)11(15)13-10-7-3-12-4-8(7)10;/h2,7-8,10,12H,3-5H2,1H3,(H,13,15);1H. The third kappa shape index (κ3) is 2.36. The second kappa shape index (κ2) is 5.26. The zero-order chi connectivity index (χ0) is 11.8. The van der Waals surface area contributed by atoms with E-state index in [-0.39, 0.29) is 18.3 Å². The molecule has 7 heteroatoms. The number of amides is 1. The van der Waals surface area contributed by atoms with Crippen molar-refractivity contribution >= 4 is 18.3 Å². The summed E-state index contributed by atoms with van der Waals surface area (Å²) in [6.07, 6.45) is 0. The molecule has 2 aliphatic rings. The normalized spacial score (nSPS) is 28.4. The lowest BCUT2D eigenvalue weighted by Crippen LogP contribution is -2.32. The summed E-state index contributed by atoms with van der Waals surface area (Å²) in [5.41, 5.74) is 0.329. The second-order valence-electron chi connectivity index (χ2n) is 4.60. The van der Waals surface area contributed by atoms with Crippen LogP contribution in [0.1, 0.15) is 16.2 Å². The number of nitrogens with one attached hydrogen (secondary N) is 2. The average molecular weight is 274 g/mol. The van der Waals surface area contributed by atoms with Gasteiger partial charge in [-0.15, -0.1) is 12.4 Å². The molecule has 0 aromatic carbocycles. The van der Waals surface area contributed by atoms with E-state index in [0.717, 1.165) is 13.1 Å². The number of halogens is 1. The highest BCUT2D eigenvalue weighted by Crippen LogP contribution is 2.41. The Kier molecular flexibility index (Phi) is 3.89. The molecule has 1 aliphatic heterocycles. The van der Waals surface area contributed by atoms with E-state index in [1.807, 2.05) is 0 Å². The van der Waals surface area contributed by atoms with Crippen LogP contribution in [0.15, 0.2) is 10.6 Å². The molecular formula is C11H16ClN3O3. The molecule has 1 saturated heterocycles. The second-order valence-corrected chi connectivity index (χ2v) is 4.60. The molecule has 6 nitrogen and oxygen atoms in total. The first-order chi connectivity index (χ1) is 8.29. The fraction of sp³-hybridized carbons (Fsp3) is 0.636. The summed E-state index contributed by atoms with van der Waals surface area (Å²) < 4.78 is 9.88. The highest BCUT2D eigenvalue weighted by Gasteiger charge is 2.53. The zero-order valence-electron chi connectivity index (χ0n) is 10.0. The first-order valence-electron chi connectivity index (χ1n) is 5.75. The summed E-state index contributed by atoms with van der Waals surface area (Å²) in [6, 6.07) is 1.93. The summed E-state index contributed by atoms with van der Waals surface area (Å²) >= 11 is 0. The maximum atomic E-state index is 11.8. The van der Waals surface area contributed by atoms with Gasteiger partial charge in [0.2, 0.25) is 0 Å². The molecule has 3 rings (SSSR count). The maximum absolute atomic E-state index is 11.8. The molecule has 2 heterocycles. The third-order valence-electron chi connectivity index (χ3n) is 3.47. The van der Waals surface area contributed by atoms with Crippen LogP contribution in [-0.2, 0) is 11.3 Å². The van der Waals surface area contributed by atoms with Crippen LogP contribution in [0.25, 0.3) is 0 Å². The molecule has 100 valence electrons. The third-order valence-corrected chi connectivity index (χ3v) is 3.47.